The third-order valence-electron chi connectivity index (χ3n) is 4.93. The van der Waals surface area contributed by atoms with E-state index in [1.54, 1.807) is 7.11 Å². The maximum atomic E-state index is 13.1. The number of imidazole rings is 1. The van der Waals surface area contributed by atoms with Gasteiger partial charge in [-0.3, -0.25) is 4.79 Å². The number of pyridine rings is 1. The second-order valence-corrected chi connectivity index (χ2v) is 6.45. The van der Waals surface area contributed by atoms with Crippen molar-refractivity contribution in [3.63, 3.8) is 0 Å². The van der Waals surface area contributed by atoms with Gasteiger partial charge < -0.3 is 14.0 Å². The summed E-state index contributed by atoms with van der Waals surface area (Å²) in [6, 6.07) is 14.0. The molecule has 1 amide bonds. The number of aromatic nitrogens is 2. The number of likely N-dealkylation sites (tertiary alicyclic amines) is 1. The van der Waals surface area contributed by atoms with Gasteiger partial charge in [-0.1, -0.05) is 18.2 Å². The molecule has 0 radical (unpaired) electrons. The van der Waals surface area contributed by atoms with Crippen LogP contribution in [0.5, 0.6) is 5.75 Å². The average molecular weight is 335 g/mol. The predicted octanol–water partition coefficient (Wildman–Crippen LogP) is 3.63. The highest BCUT2D eigenvalue weighted by Gasteiger charge is 2.31. The van der Waals surface area contributed by atoms with Crippen LogP contribution in [0.25, 0.3) is 5.65 Å². The molecule has 1 fully saturated rings. The van der Waals surface area contributed by atoms with Crippen molar-refractivity contribution in [1.29, 1.82) is 0 Å². The number of ether oxygens (including phenoxy) is 1. The fourth-order valence-corrected chi connectivity index (χ4v) is 3.58. The van der Waals surface area contributed by atoms with Crippen molar-refractivity contribution < 1.29 is 9.53 Å². The summed E-state index contributed by atoms with van der Waals surface area (Å²) >= 11 is 0. The molecule has 3 heterocycles. The first-order valence-corrected chi connectivity index (χ1v) is 8.57. The molecule has 2 aromatic heterocycles. The number of rotatable bonds is 3. The molecule has 1 aliphatic heterocycles. The van der Waals surface area contributed by atoms with Gasteiger partial charge in [-0.25, -0.2) is 4.98 Å². The second-order valence-electron chi connectivity index (χ2n) is 6.45. The van der Waals surface area contributed by atoms with Crippen LogP contribution in [0.15, 0.2) is 48.7 Å². The van der Waals surface area contributed by atoms with E-state index < -0.39 is 0 Å². The van der Waals surface area contributed by atoms with E-state index in [1.165, 1.54) is 0 Å². The predicted molar refractivity (Wildman–Crippen MR) is 95.9 cm³/mol. The molecule has 3 aromatic rings. The summed E-state index contributed by atoms with van der Waals surface area (Å²) in [6.07, 6.45) is 3.83. The molecular formula is C20H21N3O2. The number of nitrogens with zero attached hydrogens (tertiary/aromatic N) is 3. The Morgan fingerprint density at radius 2 is 2.00 bits per heavy atom. The Hall–Kier alpha value is -2.82. The van der Waals surface area contributed by atoms with Gasteiger partial charge in [0.05, 0.1) is 13.2 Å². The minimum Gasteiger partial charge on any atom is -0.497 e. The molecule has 5 heteroatoms. The molecule has 0 N–H and O–H groups in total. The van der Waals surface area contributed by atoms with Gasteiger partial charge in [0.2, 0.25) is 0 Å². The first-order chi connectivity index (χ1) is 12.2. The van der Waals surface area contributed by atoms with E-state index >= 15 is 0 Å². The molecule has 1 atom stereocenters. The largest absolute Gasteiger partial charge is 0.497 e. The maximum Gasteiger partial charge on any atom is 0.274 e. The highest BCUT2D eigenvalue weighted by atomic mass is 16.5. The summed E-state index contributed by atoms with van der Waals surface area (Å²) in [5, 5.41) is 0. The first-order valence-electron chi connectivity index (χ1n) is 8.57. The highest BCUT2D eigenvalue weighted by Crippen LogP contribution is 2.33. The minimum atomic E-state index is 0.00131. The zero-order valence-electron chi connectivity index (χ0n) is 14.5. The lowest BCUT2D eigenvalue weighted by Gasteiger charge is -2.24. The van der Waals surface area contributed by atoms with Gasteiger partial charge in [0.15, 0.2) is 0 Å². The van der Waals surface area contributed by atoms with Crippen LogP contribution in [-0.2, 0) is 0 Å². The van der Waals surface area contributed by atoms with Crippen molar-refractivity contribution in [2.45, 2.75) is 25.8 Å². The summed E-state index contributed by atoms with van der Waals surface area (Å²) in [7, 11) is 1.66. The van der Waals surface area contributed by atoms with Crippen LogP contribution in [0.1, 0.15) is 40.6 Å². The molecule has 25 heavy (non-hydrogen) atoms. The van der Waals surface area contributed by atoms with Gasteiger partial charge in [0, 0.05) is 18.4 Å². The Labute approximate surface area is 146 Å². The van der Waals surface area contributed by atoms with E-state index in [1.807, 2.05) is 64.9 Å². The van der Waals surface area contributed by atoms with Crippen molar-refractivity contribution in [3.8, 4) is 5.75 Å². The standard InChI is InChI=1S/C20H21N3O2/c1-14-5-3-7-19-21-17(13-23(14)19)20(24)22-12-4-6-18(22)15-8-10-16(25-2)11-9-15/h3,5,7-11,13,18H,4,6,12H2,1-2H3. The number of carbonyl (C=O) groups excluding carboxylic acids is 1. The van der Waals surface area contributed by atoms with Crippen LogP contribution in [0, 0.1) is 6.92 Å². The second kappa shape index (κ2) is 6.24. The summed E-state index contributed by atoms with van der Waals surface area (Å²) in [6.45, 7) is 2.78. The normalized spacial score (nSPS) is 17.2. The van der Waals surface area contributed by atoms with Crippen LogP contribution in [0.3, 0.4) is 0 Å². The average Bonchev–Trinajstić information content (AvgIpc) is 3.29. The minimum absolute atomic E-state index is 0.00131. The van der Waals surface area contributed by atoms with E-state index in [2.05, 4.69) is 4.98 Å². The number of hydrogen-bond acceptors (Lipinski definition) is 3. The zero-order chi connectivity index (χ0) is 17.4. The van der Waals surface area contributed by atoms with Crippen molar-refractivity contribution in [2.24, 2.45) is 0 Å². The number of carbonyl (C=O) groups is 1. The van der Waals surface area contributed by atoms with Crippen molar-refractivity contribution >= 4 is 11.6 Å². The van der Waals surface area contributed by atoms with E-state index in [0.29, 0.717) is 5.69 Å². The number of hydrogen-bond donors (Lipinski definition) is 0. The molecule has 1 aliphatic rings. The first kappa shape index (κ1) is 15.7. The third-order valence-corrected chi connectivity index (χ3v) is 4.93. The Morgan fingerprint density at radius 1 is 1.20 bits per heavy atom. The zero-order valence-corrected chi connectivity index (χ0v) is 14.5. The van der Waals surface area contributed by atoms with E-state index in [4.69, 9.17) is 4.74 Å². The fraction of sp³-hybridized carbons (Fsp3) is 0.300. The lowest BCUT2D eigenvalue weighted by molar-refractivity contribution is 0.0730. The molecule has 1 unspecified atom stereocenters. The molecule has 0 spiro atoms. The Bertz CT molecular complexity index is 914. The molecule has 4 rings (SSSR count). The Balaban J connectivity index is 1.64. The van der Waals surface area contributed by atoms with Crippen LogP contribution >= 0.6 is 0 Å². The van der Waals surface area contributed by atoms with Crippen LogP contribution < -0.4 is 4.74 Å². The summed E-state index contributed by atoms with van der Waals surface area (Å²) in [5.74, 6) is 0.830. The van der Waals surface area contributed by atoms with Gasteiger partial charge in [-0.2, -0.15) is 0 Å². The van der Waals surface area contributed by atoms with Gasteiger partial charge >= 0.3 is 0 Å². The Morgan fingerprint density at radius 3 is 2.72 bits per heavy atom. The number of benzene rings is 1. The lowest BCUT2D eigenvalue weighted by Crippen LogP contribution is -2.30. The van der Waals surface area contributed by atoms with E-state index in [-0.39, 0.29) is 11.9 Å². The van der Waals surface area contributed by atoms with Crippen molar-refractivity contribution in [1.82, 2.24) is 14.3 Å². The van der Waals surface area contributed by atoms with Crippen molar-refractivity contribution in [2.75, 3.05) is 13.7 Å². The van der Waals surface area contributed by atoms with E-state index in [0.717, 1.165) is 42.0 Å². The quantitative estimate of drug-likeness (QED) is 0.734. The Kier molecular flexibility index (Phi) is 3.92. The smallest absolute Gasteiger partial charge is 0.274 e. The van der Waals surface area contributed by atoms with Gasteiger partial charge in [-0.05, 0) is 49.6 Å². The molecule has 0 aliphatic carbocycles. The van der Waals surface area contributed by atoms with Crippen LogP contribution in [0.2, 0.25) is 0 Å². The SMILES string of the molecule is COc1ccc(C2CCCN2C(=O)c2cn3c(C)cccc3n2)cc1. The van der Waals surface area contributed by atoms with Crippen LogP contribution in [-0.4, -0.2) is 33.8 Å². The number of fused-ring (bicyclic) bond motifs is 1. The topological polar surface area (TPSA) is 46.8 Å². The summed E-state index contributed by atoms with van der Waals surface area (Å²) < 4.78 is 7.19. The van der Waals surface area contributed by atoms with Crippen molar-refractivity contribution in [3.05, 3.63) is 65.6 Å². The number of aryl methyl sites for hydroxylation is 1. The van der Waals surface area contributed by atoms with Gasteiger partial charge in [0.25, 0.3) is 5.91 Å². The molecule has 5 nitrogen and oxygen atoms in total. The molecule has 1 saturated heterocycles. The number of amides is 1. The van der Waals surface area contributed by atoms with Gasteiger partial charge in [0.1, 0.15) is 17.1 Å². The monoisotopic (exact) mass is 335 g/mol. The molecule has 1 aromatic carbocycles. The lowest BCUT2D eigenvalue weighted by atomic mass is 10.0. The maximum absolute atomic E-state index is 13.1. The molecular weight excluding hydrogens is 314 g/mol. The number of methoxy groups -OCH3 is 1. The van der Waals surface area contributed by atoms with Crippen LogP contribution in [0.4, 0.5) is 0 Å². The molecule has 128 valence electrons. The van der Waals surface area contributed by atoms with E-state index in [9.17, 15) is 4.79 Å². The highest BCUT2D eigenvalue weighted by molar-refractivity contribution is 5.93. The fourth-order valence-electron chi connectivity index (χ4n) is 3.58. The molecule has 0 bridgehead atoms. The van der Waals surface area contributed by atoms with Gasteiger partial charge in [-0.15, -0.1) is 0 Å². The third kappa shape index (κ3) is 2.76. The molecule has 0 saturated carbocycles. The summed E-state index contributed by atoms with van der Waals surface area (Å²) in [4.78, 5) is 19.5. The summed E-state index contributed by atoms with van der Waals surface area (Å²) in [5.41, 5.74) is 3.53.